The maximum Gasteiger partial charge on any atom is 0.303 e. The molecule has 0 radical (unpaired) electrons. The molecule has 2 saturated heterocycles. The minimum atomic E-state index is -0.712. The lowest BCUT2D eigenvalue weighted by Gasteiger charge is -2.33. The Labute approximate surface area is 112 Å². The van der Waals surface area contributed by atoms with E-state index in [1.54, 1.807) is 11.8 Å². The fourth-order valence-electron chi connectivity index (χ4n) is 2.75. The Balaban J connectivity index is 1.72. The summed E-state index contributed by atoms with van der Waals surface area (Å²) in [6.45, 7) is 1.64. The van der Waals surface area contributed by atoms with E-state index in [4.69, 9.17) is 5.11 Å². The largest absolute Gasteiger partial charge is 0.481 e. The molecule has 0 spiro atoms. The van der Waals surface area contributed by atoms with Crippen LogP contribution in [-0.4, -0.2) is 46.0 Å². The maximum atomic E-state index is 12.2. The highest BCUT2D eigenvalue weighted by Crippen LogP contribution is 2.30. The number of carbonyl (C=O) groups excluding carboxylic acids is 1. The van der Waals surface area contributed by atoms with E-state index in [0.717, 1.165) is 50.9 Å². The number of carboxylic acid groups (broad SMARTS) is 1. The van der Waals surface area contributed by atoms with Gasteiger partial charge < -0.3 is 10.0 Å². The first-order chi connectivity index (χ1) is 8.66. The van der Waals surface area contributed by atoms with Crippen LogP contribution in [0.1, 0.15) is 38.5 Å². The molecular formula is C13H21NO3S. The van der Waals surface area contributed by atoms with Gasteiger partial charge in [-0.05, 0) is 43.8 Å². The Morgan fingerprint density at radius 2 is 1.94 bits per heavy atom. The quantitative estimate of drug-likeness (QED) is 0.849. The van der Waals surface area contributed by atoms with Crippen LogP contribution in [0, 0.1) is 5.92 Å². The van der Waals surface area contributed by atoms with Gasteiger partial charge in [-0.2, -0.15) is 0 Å². The molecule has 0 bridgehead atoms. The van der Waals surface area contributed by atoms with Crippen molar-refractivity contribution in [3.63, 3.8) is 0 Å². The molecule has 18 heavy (non-hydrogen) atoms. The predicted octanol–water partition coefficient (Wildman–Crippen LogP) is 1.99. The number of nitrogens with zero attached hydrogens (tertiary/aromatic N) is 1. The highest BCUT2D eigenvalue weighted by atomic mass is 32.2. The van der Waals surface area contributed by atoms with Gasteiger partial charge in [0.1, 0.15) is 0 Å². The number of carbonyl (C=O) groups is 2. The van der Waals surface area contributed by atoms with E-state index in [-0.39, 0.29) is 11.7 Å². The van der Waals surface area contributed by atoms with E-state index >= 15 is 0 Å². The Morgan fingerprint density at radius 3 is 2.50 bits per heavy atom. The zero-order valence-corrected chi connectivity index (χ0v) is 11.5. The lowest BCUT2D eigenvalue weighted by Crippen LogP contribution is -2.42. The lowest BCUT2D eigenvalue weighted by atomic mass is 9.92. The average Bonchev–Trinajstić information content (AvgIpc) is 2.90. The first-order valence-corrected chi connectivity index (χ1v) is 7.84. The van der Waals surface area contributed by atoms with Crippen LogP contribution in [0.4, 0.5) is 0 Å². The van der Waals surface area contributed by atoms with Gasteiger partial charge >= 0.3 is 5.97 Å². The van der Waals surface area contributed by atoms with Gasteiger partial charge in [-0.15, -0.1) is 11.8 Å². The molecule has 1 atom stereocenters. The molecule has 1 N–H and O–H groups in total. The van der Waals surface area contributed by atoms with Gasteiger partial charge in [0, 0.05) is 19.5 Å². The second-order valence-corrected chi connectivity index (χ2v) is 6.51. The van der Waals surface area contributed by atoms with Crippen LogP contribution in [0.2, 0.25) is 0 Å². The smallest absolute Gasteiger partial charge is 0.303 e. The number of carboxylic acids is 1. The van der Waals surface area contributed by atoms with Gasteiger partial charge in [0.2, 0.25) is 5.91 Å². The number of aliphatic carboxylic acids is 1. The summed E-state index contributed by atoms with van der Waals surface area (Å²) in [5.74, 6) is 1.21. The van der Waals surface area contributed by atoms with Crippen LogP contribution >= 0.6 is 11.8 Å². The number of piperidine rings is 1. The molecule has 0 aliphatic carbocycles. The van der Waals surface area contributed by atoms with Gasteiger partial charge in [0.25, 0.3) is 0 Å². The van der Waals surface area contributed by atoms with Crippen molar-refractivity contribution in [3.05, 3.63) is 0 Å². The number of thioether (sulfide) groups is 1. The number of amides is 1. The van der Waals surface area contributed by atoms with Gasteiger partial charge in [0.15, 0.2) is 0 Å². The summed E-state index contributed by atoms with van der Waals surface area (Å²) in [5, 5.41) is 8.86. The summed E-state index contributed by atoms with van der Waals surface area (Å²) in [5.41, 5.74) is 0. The summed E-state index contributed by atoms with van der Waals surface area (Å²) in [7, 11) is 0. The van der Waals surface area contributed by atoms with E-state index in [1.807, 2.05) is 4.90 Å². The molecular weight excluding hydrogens is 250 g/mol. The fourth-order valence-corrected chi connectivity index (χ4v) is 3.99. The second-order valence-electron chi connectivity index (χ2n) is 5.20. The SMILES string of the molecule is O=C(O)CCC1CCN(C(=O)C2CCCS2)CC1. The molecule has 2 rings (SSSR count). The second kappa shape index (κ2) is 6.45. The molecule has 1 amide bonds. The first-order valence-electron chi connectivity index (χ1n) is 6.79. The topological polar surface area (TPSA) is 57.6 Å². The summed E-state index contributed by atoms with van der Waals surface area (Å²) in [6.07, 6.45) is 5.15. The van der Waals surface area contributed by atoms with Crippen molar-refractivity contribution in [2.75, 3.05) is 18.8 Å². The van der Waals surface area contributed by atoms with Crippen molar-refractivity contribution in [2.45, 2.75) is 43.8 Å². The van der Waals surface area contributed by atoms with Crippen LogP contribution in [0.15, 0.2) is 0 Å². The maximum absolute atomic E-state index is 12.2. The molecule has 0 saturated carbocycles. The molecule has 0 aromatic rings. The predicted molar refractivity (Wildman–Crippen MR) is 71.7 cm³/mol. The first kappa shape index (κ1) is 13.7. The zero-order valence-electron chi connectivity index (χ0n) is 10.6. The molecule has 1 unspecified atom stereocenters. The van der Waals surface area contributed by atoms with E-state index < -0.39 is 5.97 Å². The van der Waals surface area contributed by atoms with Crippen LogP contribution in [0.25, 0.3) is 0 Å². The zero-order chi connectivity index (χ0) is 13.0. The Hall–Kier alpha value is -0.710. The van der Waals surface area contributed by atoms with E-state index in [9.17, 15) is 9.59 Å². The number of hydrogen-bond donors (Lipinski definition) is 1. The minimum absolute atomic E-state index is 0.195. The number of rotatable bonds is 4. The summed E-state index contributed by atoms with van der Waals surface area (Å²) in [4.78, 5) is 24.7. The minimum Gasteiger partial charge on any atom is -0.481 e. The van der Waals surface area contributed by atoms with E-state index in [2.05, 4.69) is 0 Å². The molecule has 2 aliphatic heterocycles. The molecule has 102 valence electrons. The highest BCUT2D eigenvalue weighted by Gasteiger charge is 2.30. The normalized spacial score (nSPS) is 25.3. The molecule has 2 aliphatic rings. The average molecular weight is 271 g/mol. The monoisotopic (exact) mass is 271 g/mol. The van der Waals surface area contributed by atoms with Crippen molar-refractivity contribution in [1.82, 2.24) is 4.90 Å². The van der Waals surface area contributed by atoms with Gasteiger partial charge in [0.05, 0.1) is 5.25 Å². The van der Waals surface area contributed by atoms with Gasteiger partial charge in [-0.3, -0.25) is 9.59 Å². The molecule has 0 aromatic carbocycles. The molecule has 2 heterocycles. The Bertz CT molecular complexity index is 307. The third-order valence-corrected chi connectivity index (χ3v) is 5.26. The lowest BCUT2D eigenvalue weighted by molar-refractivity contribution is -0.138. The third-order valence-electron chi connectivity index (χ3n) is 3.90. The third kappa shape index (κ3) is 3.64. The number of likely N-dealkylation sites (tertiary alicyclic amines) is 1. The molecule has 4 nitrogen and oxygen atoms in total. The van der Waals surface area contributed by atoms with Crippen LogP contribution < -0.4 is 0 Å². The summed E-state index contributed by atoms with van der Waals surface area (Å²) >= 11 is 1.79. The van der Waals surface area contributed by atoms with Crippen molar-refractivity contribution >= 4 is 23.6 Å². The molecule has 2 fully saturated rings. The molecule has 5 heteroatoms. The van der Waals surface area contributed by atoms with Crippen molar-refractivity contribution < 1.29 is 14.7 Å². The molecule has 0 aromatic heterocycles. The van der Waals surface area contributed by atoms with E-state index in [1.165, 1.54) is 0 Å². The standard InChI is InChI=1S/C13H21NO3S/c15-12(16)4-3-10-5-7-14(8-6-10)13(17)11-2-1-9-18-11/h10-11H,1-9H2,(H,15,16). The Morgan fingerprint density at radius 1 is 1.22 bits per heavy atom. The van der Waals surface area contributed by atoms with Gasteiger partial charge in [-0.1, -0.05) is 0 Å². The van der Waals surface area contributed by atoms with Crippen molar-refractivity contribution in [1.29, 1.82) is 0 Å². The van der Waals surface area contributed by atoms with Crippen molar-refractivity contribution in [3.8, 4) is 0 Å². The van der Waals surface area contributed by atoms with Crippen molar-refractivity contribution in [2.24, 2.45) is 5.92 Å². The fraction of sp³-hybridized carbons (Fsp3) is 0.846. The van der Waals surface area contributed by atoms with Gasteiger partial charge in [-0.25, -0.2) is 0 Å². The summed E-state index contributed by atoms with van der Waals surface area (Å²) in [6, 6.07) is 0. The Kier molecular flexibility index (Phi) is 4.92. The van der Waals surface area contributed by atoms with Crippen LogP contribution in [0.3, 0.4) is 0 Å². The van der Waals surface area contributed by atoms with E-state index in [0.29, 0.717) is 11.8 Å². The van der Waals surface area contributed by atoms with Crippen LogP contribution in [-0.2, 0) is 9.59 Å². The highest BCUT2D eigenvalue weighted by molar-refractivity contribution is 8.00. The summed E-state index contributed by atoms with van der Waals surface area (Å²) < 4.78 is 0. The van der Waals surface area contributed by atoms with Crippen LogP contribution in [0.5, 0.6) is 0 Å². The number of hydrogen-bond acceptors (Lipinski definition) is 3.